The molecule has 2 atom stereocenters. The predicted octanol–water partition coefficient (Wildman–Crippen LogP) is 0.960. The van der Waals surface area contributed by atoms with Crippen LogP contribution in [0.3, 0.4) is 0 Å². The summed E-state index contributed by atoms with van der Waals surface area (Å²) in [7, 11) is 0. The maximum Gasteiger partial charge on any atom is 0.237 e. The first-order valence-electron chi connectivity index (χ1n) is 6.33. The molecule has 0 aliphatic rings. The van der Waals surface area contributed by atoms with Crippen LogP contribution in [0.4, 0.5) is 0 Å². The van der Waals surface area contributed by atoms with E-state index in [4.69, 9.17) is 5.73 Å². The van der Waals surface area contributed by atoms with Crippen molar-refractivity contribution >= 4 is 5.91 Å². The van der Waals surface area contributed by atoms with Gasteiger partial charge in [-0.3, -0.25) is 4.79 Å². The Morgan fingerprint density at radius 2 is 1.88 bits per heavy atom. The van der Waals surface area contributed by atoms with Gasteiger partial charge in [0.2, 0.25) is 5.91 Å². The third-order valence-corrected chi connectivity index (χ3v) is 2.75. The number of likely N-dealkylation sites (N-methyl/N-ethyl adjacent to an activating group) is 1. The number of carbonyl (C=O) groups is 1. The zero-order valence-corrected chi connectivity index (χ0v) is 11.1. The van der Waals surface area contributed by atoms with Crippen molar-refractivity contribution in [3.63, 3.8) is 0 Å². The van der Waals surface area contributed by atoms with Crippen LogP contribution in [0.1, 0.15) is 40.5 Å². The first-order chi connectivity index (χ1) is 7.54. The van der Waals surface area contributed by atoms with Gasteiger partial charge in [-0.1, -0.05) is 27.2 Å². The molecule has 0 heterocycles. The average molecular weight is 229 g/mol. The quantitative estimate of drug-likeness (QED) is 0.652. The smallest absolute Gasteiger partial charge is 0.237 e. The van der Waals surface area contributed by atoms with Crippen molar-refractivity contribution in [2.75, 3.05) is 19.6 Å². The van der Waals surface area contributed by atoms with E-state index in [0.29, 0.717) is 0 Å². The number of rotatable bonds is 8. The van der Waals surface area contributed by atoms with Crippen LogP contribution in [0, 0.1) is 0 Å². The second-order valence-electron chi connectivity index (χ2n) is 4.29. The lowest BCUT2D eigenvalue weighted by molar-refractivity contribution is -0.123. The minimum atomic E-state index is -0.357. The molecule has 3 N–H and O–H groups in total. The maximum atomic E-state index is 11.6. The normalized spacial score (nSPS) is 14.9. The summed E-state index contributed by atoms with van der Waals surface area (Å²) >= 11 is 0. The molecular formula is C12H27N3O. The van der Waals surface area contributed by atoms with Gasteiger partial charge in [0.25, 0.3) is 0 Å². The molecule has 0 aromatic heterocycles. The van der Waals surface area contributed by atoms with Gasteiger partial charge in [0, 0.05) is 12.6 Å². The predicted molar refractivity (Wildman–Crippen MR) is 68.3 cm³/mol. The van der Waals surface area contributed by atoms with Gasteiger partial charge in [-0.05, 0) is 26.4 Å². The number of carbonyl (C=O) groups excluding carboxylic acids is 1. The molecular weight excluding hydrogens is 202 g/mol. The summed E-state index contributed by atoms with van der Waals surface area (Å²) in [6.45, 7) is 11.2. The molecule has 1 unspecified atom stereocenters. The molecule has 4 heteroatoms. The van der Waals surface area contributed by atoms with Crippen molar-refractivity contribution in [1.29, 1.82) is 0 Å². The lowest BCUT2D eigenvalue weighted by Gasteiger charge is -2.24. The number of hydrogen-bond acceptors (Lipinski definition) is 3. The van der Waals surface area contributed by atoms with E-state index in [2.05, 4.69) is 24.1 Å². The van der Waals surface area contributed by atoms with Gasteiger partial charge in [0.1, 0.15) is 0 Å². The third kappa shape index (κ3) is 6.08. The van der Waals surface area contributed by atoms with Crippen LogP contribution in [0.25, 0.3) is 0 Å². The van der Waals surface area contributed by atoms with Gasteiger partial charge in [0.05, 0.1) is 6.04 Å². The van der Waals surface area contributed by atoms with E-state index in [0.717, 1.165) is 32.5 Å². The van der Waals surface area contributed by atoms with Crippen molar-refractivity contribution in [3.05, 3.63) is 0 Å². The molecule has 0 aromatic carbocycles. The second-order valence-corrected chi connectivity index (χ2v) is 4.29. The van der Waals surface area contributed by atoms with Crippen LogP contribution in [0.2, 0.25) is 0 Å². The second kappa shape index (κ2) is 8.53. The van der Waals surface area contributed by atoms with E-state index in [1.165, 1.54) is 0 Å². The van der Waals surface area contributed by atoms with Gasteiger partial charge in [0.15, 0.2) is 0 Å². The highest BCUT2D eigenvalue weighted by Gasteiger charge is 2.15. The fourth-order valence-corrected chi connectivity index (χ4v) is 1.71. The van der Waals surface area contributed by atoms with Crippen molar-refractivity contribution in [2.45, 2.75) is 52.6 Å². The van der Waals surface area contributed by atoms with Crippen LogP contribution < -0.4 is 11.1 Å². The molecule has 0 fully saturated rings. The van der Waals surface area contributed by atoms with E-state index in [1.807, 2.05) is 13.8 Å². The summed E-state index contributed by atoms with van der Waals surface area (Å²) in [5.41, 5.74) is 5.75. The van der Waals surface area contributed by atoms with Crippen molar-refractivity contribution in [2.24, 2.45) is 5.73 Å². The monoisotopic (exact) mass is 229 g/mol. The Kier molecular flexibility index (Phi) is 8.21. The fourth-order valence-electron chi connectivity index (χ4n) is 1.71. The summed E-state index contributed by atoms with van der Waals surface area (Å²) in [6, 6.07) is -0.195. The highest BCUT2D eigenvalue weighted by molar-refractivity contribution is 5.81. The van der Waals surface area contributed by atoms with E-state index in [1.54, 1.807) is 0 Å². The lowest BCUT2D eigenvalue weighted by atomic mass is 10.1. The minimum Gasteiger partial charge on any atom is -0.351 e. The van der Waals surface area contributed by atoms with Crippen molar-refractivity contribution in [1.82, 2.24) is 10.2 Å². The topological polar surface area (TPSA) is 58.4 Å². The minimum absolute atomic E-state index is 0.0264. The number of nitrogens with zero attached hydrogens (tertiary/aromatic N) is 1. The molecule has 0 radical (unpaired) electrons. The molecule has 0 aliphatic carbocycles. The van der Waals surface area contributed by atoms with Crippen molar-refractivity contribution < 1.29 is 4.79 Å². The van der Waals surface area contributed by atoms with E-state index >= 15 is 0 Å². The Morgan fingerprint density at radius 1 is 1.31 bits per heavy atom. The Labute approximate surface area is 99.6 Å². The van der Waals surface area contributed by atoms with Gasteiger partial charge >= 0.3 is 0 Å². The summed E-state index contributed by atoms with van der Waals surface area (Å²) in [4.78, 5) is 13.9. The molecule has 96 valence electrons. The fraction of sp³-hybridized carbons (Fsp3) is 0.917. The van der Waals surface area contributed by atoms with E-state index in [9.17, 15) is 4.79 Å². The molecule has 4 nitrogen and oxygen atoms in total. The SMILES string of the molecule is CCC[C@@H](N)C(=O)NC(C)CN(CC)CC. The molecule has 0 aliphatic heterocycles. The molecule has 0 aromatic rings. The number of amides is 1. The number of nitrogens with two attached hydrogens (primary N) is 1. The lowest BCUT2D eigenvalue weighted by Crippen LogP contribution is -2.48. The highest BCUT2D eigenvalue weighted by atomic mass is 16.2. The summed E-state index contributed by atoms with van der Waals surface area (Å²) in [5, 5.41) is 2.96. The standard InChI is InChI=1S/C12H27N3O/c1-5-8-11(13)12(16)14-10(4)9-15(6-2)7-3/h10-11H,5-9,13H2,1-4H3,(H,14,16)/t10?,11-/m1/s1. The Balaban J connectivity index is 3.94. The molecule has 16 heavy (non-hydrogen) atoms. The van der Waals surface area contributed by atoms with Gasteiger partial charge in [-0.2, -0.15) is 0 Å². The van der Waals surface area contributed by atoms with Crippen LogP contribution in [-0.4, -0.2) is 42.5 Å². The Morgan fingerprint density at radius 3 is 2.31 bits per heavy atom. The molecule has 0 rings (SSSR count). The van der Waals surface area contributed by atoms with Gasteiger partial charge in [-0.15, -0.1) is 0 Å². The largest absolute Gasteiger partial charge is 0.351 e. The van der Waals surface area contributed by atoms with Gasteiger partial charge < -0.3 is 16.0 Å². The van der Waals surface area contributed by atoms with Gasteiger partial charge in [-0.25, -0.2) is 0 Å². The van der Waals surface area contributed by atoms with Crippen molar-refractivity contribution in [3.8, 4) is 0 Å². The first kappa shape index (κ1) is 15.4. The number of nitrogens with one attached hydrogen (secondary N) is 1. The van der Waals surface area contributed by atoms with Crippen LogP contribution in [-0.2, 0) is 4.79 Å². The van der Waals surface area contributed by atoms with E-state index < -0.39 is 0 Å². The molecule has 0 saturated heterocycles. The molecule has 0 spiro atoms. The highest BCUT2D eigenvalue weighted by Crippen LogP contribution is 1.96. The Hall–Kier alpha value is -0.610. The maximum absolute atomic E-state index is 11.6. The summed E-state index contributed by atoms with van der Waals surface area (Å²) < 4.78 is 0. The zero-order chi connectivity index (χ0) is 12.6. The molecule has 0 saturated carbocycles. The van der Waals surface area contributed by atoms with Crippen LogP contribution in [0.5, 0.6) is 0 Å². The Bertz CT molecular complexity index is 193. The molecule has 1 amide bonds. The first-order valence-corrected chi connectivity index (χ1v) is 6.33. The van der Waals surface area contributed by atoms with Crippen LogP contribution >= 0.6 is 0 Å². The zero-order valence-electron chi connectivity index (χ0n) is 11.1. The summed E-state index contributed by atoms with van der Waals surface area (Å²) in [5.74, 6) is -0.0264. The third-order valence-electron chi connectivity index (χ3n) is 2.75. The number of hydrogen-bond donors (Lipinski definition) is 2. The summed E-state index contributed by atoms with van der Waals surface area (Å²) in [6.07, 6.45) is 1.70. The average Bonchev–Trinajstić information content (AvgIpc) is 2.26. The van der Waals surface area contributed by atoms with E-state index in [-0.39, 0.29) is 18.0 Å². The molecule has 0 bridgehead atoms. The van der Waals surface area contributed by atoms with Crippen LogP contribution in [0.15, 0.2) is 0 Å².